The van der Waals surface area contributed by atoms with E-state index in [0.717, 1.165) is 0 Å². The molecule has 0 aliphatic heterocycles. The van der Waals surface area contributed by atoms with Gasteiger partial charge in [-0.25, -0.2) is 4.57 Å². The van der Waals surface area contributed by atoms with Crippen LogP contribution >= 0.6 is 18.2 Å². The zero-order valence-electron chi connectivity index (χ0n) is 8.56. The number of nitrogens with zero attached hydrogens (tertiary/aromatic N) is 1. The summed E-state index contributed by atoms with van der Waals surface area (Å²) < 4.78 is 21.9. The van der Waals surface area contributed by atoms with E-state index in [-0.39, 0.29) is 0 Å². The summed E-state index contributed by atoms with van der Waals surface area (Å²) in [6.07, 6.45) is 1.19. The first kappa shape index (κ1) is 14.0. The average Bonchev–Trinajstić information content (AvgIpc) is 2.13. The zero-order valence-corrected chi connectivity index (χ0v) is 10.3. The molecule has 0 radical (unpaired) electrons. The minimum atomic E-state index is -2.95. The molecular formula is C8H16NO3PS. The SMILES string of the molecule is CCOP(=O)(OCC)SCCCC#N. The lowest BCUT2D eigenvalue weighted by atomic mass is 10.4. The maximum absolute atomic E-state index is 11.8. The van der Waals surface area contributed by atoms with Gasteiger partial charge in [-0.05, 0) is 31.7 Å². The Hall–Kier alpha value is -0.01000. The van der Waals surface area contributed by atoms with Crippen molar-refractivity contribution in [2.75, 3.05) is 19.0 Å². The lowest BCUT2D eigenvalue weighted by Crippen LogP contribution is -1.93. The van der Waals surface area contributed by atoms with Crippen molar-refractivity contribution >= 4 is 18.2 Å². The van der Waals surface area contributed by atoms with Crippen LogP contribution in [0.25, 0.3) is 0 Å². The van der Waals surface area contributed by atoms with Gasteiger partial charge in [0.05, 0.1) is 19.3 Å². The maximum Gasteiger partial charge on any atom is 0.389 e. The van der Waals surface area contributed by atoms with Crippen molar-refractivity contribution in [1.82, 2.24) is 0 Å². The van der Waals surface area contributed by atoms with Crippen molar-refractivity contribution < 1.29 is 13.6 Å². The van der Waals surface area contributed by atoms with Crippen molar-refractivity contribution in [1.29, 1.82) is 5.26 Å². The summed E-state index contributed by atoms with van der Waals surface area (Å²) in [7, 11) is 0. The predicted molar refractivity (Wildman–Crippen MR) is 58.2 cm³/mol. The molecule has 0 saturated carbocycles. The summed E-state index contributed by atoms with van der Waals surface area (Å²) in [6.45, 7) is 1.36. The molecule has 0 N–H and O–H groups in total. The van der Waals surface area contributed by atoms with Gasteiger partial charge >= 0.3 is 6.80 Å². The highest BCUT2D eigenvalue weighted by Crippen LogP contribution is 2.60. The first-order chi connectivity index (χ1) is 6.68. The quantitative estimate of drug-likeness (QED) is 0.479. The van der Waals surface area contributed by atoms with Crippen molar-refractivity contribution in [3.63, 3.8) is 0 Å². The van der Waals surface area contributed by atoms with Gasteiger partial charge < -0.3 is 9.05 Å². The molecule has 0 spiro atoms. The third-order valence-corrected chi connectivity index (χ3v) is 5.32. The number of hydrogen-bond donors (Lipinski definition) is 0. The minimum Gasteiger partial charge on any atom is -0.301 e. The summed E-state index contributed by atoms with van der Waals surface area (Å²) in [6, 6.07) is 2.03. The van der Waals surface area contributed by atoms with E-state index in [2.05, 4.69) is 0 Å². The smallest absolute Gasteiger partial charge is 0.301 e. The van der Waals surface area contributed by atoms with Gasteiger partial charge in [0.2, 0.25) is 0 Å². The molecule has 0 aliphatic carbocycles. The predicted octanol–water partition coefficient (Wildman–Crippen LogP) is 3.20. The van der Waals surface area contributed by atoms with E-state index in [0.29, 0.717) is 31.8 Å². The maximum atomic E-state index is 11.8. The van der Waals surface area contributed by atoms with E-state index >= 15 is 0 Å². The van der Waals surface area contributed by atoms with E-state index < -0.39 is 6.80 Å². The topological polar surface area (TPSA) is 59.3 Å². The fourth-order valence-corrected chi connectivity index (χ4v) is 4.25. The fraction of sp³-hybridized carbons (Fsp3) is 0.875. The molecule has 0 saturated heterocycles. The molecule has 4 nitrogen and oxygen atoms in total. The Labute approximate surface area is 89.2 Å². The normalized spacial score (nSPS) is 11.2. The van der Waals surface area contributed by atoms with Gasteiger partial charge in [0, 0.05) is 12.2 Å². The van der Waals surface area contributed by atoms with Crippen molar-refractivity contribution in [3.05, 3.63) is 0 Å². The van der Waals surface area contributed by atoms with E-state index in [1.54, 1.807) is 13.8 Å². The first-order valence-corrected chi connectivity index (χ1v) is 7.72. The van der Waals surface area contributed by atoms with Crippen LogP contribution in [0.5, 0.6) is 0 Å². The molecule has 0 aromatic carbocycles. The number of nitriles is 1. The summed E-state index contributed by atoms with van der Waals surface area (Å²) in [5, 5.41) is 8.31. The van der Waals surface area contributed by atoms with Crippen molar-refractivity contribution in [2.24, 2.45) is 0 Å². The molecule has 0 heterocycles. The average molecular weight is 237 g/mol. The van der Waals surface area contributed by atoms with E-state index in [9.17, 15) is 4.57 Å². The Morgan fingerprint density at radius 3 is 2.36 bits per heavy atom. The number of unbranched alkanes of at least 4 members (excludes halogenated alkanes) is 1. The van der Waals surface area contributed by atoms with Gasteiger partial charge in [0.1, 0.15) is 0 Å². The van der Waals surface area contributed by atoms with E-state index in [1.165, 1.54) is 11.4 Å². The van der Waals surface area contributed by atoms with Crippen LogP contribution in [0.3, 0.4) is 0 Å². The van der Waals surface area contributed by atoms with Gasteiger partial charge in [-0.15, -0.1) is 0 Å². The van der Waals surface area contributed by atoms with Crippen LogP contribution in [0, 0.1) is 11.3 Å². The number of rotatable bonds is 8. The molecule has 82 valence electrons. The third kappa shape index (κ3) is 6.44. The molecule has 0 atom stereocenters. The molecular weight excluding hydrogens is 221 g/mol. The third-order valence-electron chi connectivity index (χ3n) is 1.26. The molecule has 0 unspecified atom stereocenters. The lowest BCUT2D eigenvalue weighted by molar-refractivity contribution is 0.237. The molecule has 0 rings (SSSR count). The fourth-order valence-electron chi connectivity index (χ4n) is 0.756. The summed E-state index contributed by atoms with van der Waals surface area (Å²) in [5.74, 6) is 0.630. The standard InChI is InChI=1S/C8H16NO3PS/c1-3-11-13(10,12-4-2)14-8-6-5-7-9/h3-6,8H2,1-2H3. The Balaban J connectivity index is 3.85. The second kappa shape index (κ2) is 8.31. The highest BCUT2D eigenvalue weighted by Gasteiger charge is 2.23. The van der Waals surface area contributed by atoms with Gasteiger partial charge in [-0.2, -0.15) is 5.26 Å². The van der Waals surface area contributed by atoms with Crippen molar-refractivity contribution in [2.45, 2.75) is 26.7 Å². The van der Waals surface area contributed by atoms with Crippen LogP contribution in [0.15, 0.2) is 0 Å². The number of hydrogen-bond acceptors (Lipinski definition) is 5. The largest absolute Gasteiger partial charge is 0.389 e. The van der Waals surface area contributed by atoms with Crippen LogP contribution in [-0.4, -0.2) is 19.0 Å². The van der Waals surface area contributed by atoms with Crippen LogP contribution in [0.4, 0.5) is 0 Å². The molecule has 0 bridgehead atoms. The van der Waals surface area contributed by atoms with Crippen LogP contribution in [0.2, 0.25) is 0 Å². The minimum absolute atomic E-state index is 0.378. The van der Waals surface area contributed by atoms with Gasteiger partial charge in [-0.1, -0.05) is 0 Å². The highest BCUT2D eigenvalue weighted by atomic mass is 32.7. The monoisotopic (exact) mass is 237 g/mol. The van der Waals surface area contributed by atoms with Crippen LogP contribution < -0.4 is 0 Å². The molecule has 0 aliphatic rings. The van der Waals surface area contributed by atoms with E-state index in [1.807, 2.05) is 6.07 Å². The second-order valence-corrected chi connectivity index (χ2v) is 6.57. The molecule has 0 aromatic heterocycles. The summed E-state index contributed by atoms with van der Waals surface area (Å²) in [4.78, 5) is 0. The van der Waals surface area contributed by atoms with Gasteiger partial charge in [0.25, 0.3) is 0 Å². The summed E-state index contributed by atoms with van der Waals surface area (Å²) in [5.41, 5.74) is 0. The van der Waals surface area contributed by atoms with Gasteiger partial charge in [0.15, 0.2) is 0 Å². The lowest BCUT2D eigenvalue weighted by Gasteiger charge is -2.15. The van der Waals surface area contributed by atoms with Crippen LogP contribution in [-0.2, 0) is 13.6 Å². The first-order valence-electron chi connectivity index (χ1n) is 4.59. The van der Waals surface area contributed by atoms with Crippen molar-refractivity contribution in [3.8, 4) is 6.07 Å². The Bertz CT molecular complexity index is 219. The van der Waals surface area contributed by atoms with Crippen LogP contribution in [0.1, 0.15) is 26.7 Å². The Kier molecular flexibility index (Phi) is 8.30. The molecule has 14 heavy (non-hydrogen) atoms. The zero-order chi connectivity index (χ0) is 10.9. The second-order valence-electron chi connectivity index (χ2n) is 2.38. The highest BCUT2D eigenvalue weighted by molar-refractivity contribution is 8.55. The van der Waals surface area contributed by atoms with Gasteiger partial charge in [-0.3, -0.25) is 0 Å². The molecule has 0 fully saturated rings. The Morgan fingerprint density at radius 1 is 1.36 bits per heavy atom. The molecule has 0 aromatic rings. The summed E-state index contributed by atoms with van der Waals surface area (Å²) >= 11 is 1.17. The molecule has 6 heteroatoms. The Morgan fingerprint density at radius 2 is 1.93 bits per heavy atom. The molecule has 0 amide bonds. The van der Waals surface area contributed by atoms with E-state index in [4.69, 9.17) is 14.3 Å².